The normalized spacial score (nSPS) is 12.5. The van der Waals surface area contributed by atoms with Gasteiger partial charge in [0, 0.05) is 0 Å². The van der Waals surface area contributed by atoms with E-state index in [0.717, 1.165) is 13.2 Å². The van der Waals surface area contributed by atoms with Crippen LogP contribution >= 0.6 is 0 Å². The molecule has 0 spiro atoms. The molecule has 0 aliphatic rings. The van der Waals surface area contributed by atoms with Crippen LogP contribution in [-0.4, -0.2) is 44.7 Å². The van der Waals surface area contributed by atoms with Gasteiger partial charge in [0.15, 0.2) is 0 Å². The molecule has 0 radical (unpaired) electrons. The van der Waals surface area contributed by atoms with E-state index < -0.39 is 13.5 Å². The third-order valence-electron chi connectivity index (χ3n) is 3.18. The molecule has 0 atom stereocenters. The summed E-state index contributed by atoms with van der Waals surface area (Å²) in [6.07, 6.45) is 0. The van der Waals surface area contributed by atoms with Crippen LogP contribution in [0.4, 0.5) is 0 Å². The van der Waals surface area contributed by atoms with Crippen LogP contribution in [0.15, 0.2) is 0 Å². The summed E-state index contributed by atoms with van der Waals surface area (Å²) >= 11 is -1.67. The van der Waals surface area contributed by atoms with Gasteiger partial charge in [0.05, 0.1) is 0 Å². The van der Waals surface area contributed by atoms with E-state index in [9.17, 15) is 0 Å². The summed E-state index contributed by atoms with van der Waals surface area (Å²) in [5.41, 5.74) is 0. The fourth-order valence-corrected chi connectivity index (χ4v) is 9.09. The molecule has 3 heteroatoms. The van der Waals surface area contributed by atoms with Crippen molar-refractivity contribution in [2.24, 2.45) is 0 Å². The van der Waals surface area contributed by atoms with Crippen molar-refractivity contribution in [3.63, 3.8) is 0 Å². The number of nitrogens with zero attached hydrogens (tertiary/aromatic N) is 1. The molecular weight excluding hydrogens is 223 g/mol. The summed E-state index contributed by atoms with van der Waals surface area (Å²) in [6.45, 7) is 8.59. The van der Waals surface area contributed by atoms with Crippen molar-refractivity contribution in [3.8, 4) is 0 Å². The van der Waals surface area contributed by atoms with Crippen molar-refractivity contribution in [2.45, 2.75) is 36.5 Å². The molecule has 0 aliphatic carbocycles. The van der Waals surface area contributed by atoms with Crippen molar-refractivity contribution >= 4 is 13.5 Å². The van der Waals surface area contributed by atoms with Gasteiger partial charge >= 0.3 is 85.9 Å². The van der Waals surface area contributed by atoms with Crippen LogP contribution in [0.5, 0.6) is 0 Å². The molecule has 0 saturated carbocycles. The summed E-state index contributed by atoms with van der Waals surface area (Å²) in [6, 6.07) is 0. The molecule has 0 rings (SSSR count). The third-order valence-corrected chi connectivity index (χ3v) is 15.1. The van der Waals surface area contributed by atoms with E-state index in [2.05, 4.69) is 38.7 Å². The van der Waals surface area contributed by atoms with Crippen LogP contribution in [0.1, 0.15) is 20.8 Å². The average Bonchev–Trinajstić information content (AvgIpc) is 2.13. The average molecular weight is 248 g/mol. The predicted octanol–water partition coefficient (Wildman–Crippen LogP) is 2.57. The van der Waals surface area contributed by atoms with Crippen LogP contribution in [0.3, 0.4) is 0 Å². The first-order chi connectivity index (χ1) is 6.13. The van der Waals surface area contributed by atoms with Gasteiger partial charge in [0.1, 0.15) is 0 Å². The van der Waals surface area contributed by atoms with E-state index in [1.165, 1.54) is 15.8 Å². The summed E-state index contributed by atoms with van der Waals surface area (Å²) < 4.78 is 7.99. The SMILES string of the molecule is CCOC[CH2][Ge]([CH2]C)([CH2]C)[N](C)C. The van der Waals surface area contributed by atoms with Crippen LogP contribution in [0, 0.1) is 0 Å². The van der Waals surface area contributed by atoms with Gasteiger partial charge in [-0.1, -0.05) is 0 Å². The minimum atomic E-state index is -1.67. The Bertz CT molecular complexity index is 124. The standard InChI is InChI=1S/C10H25GeNO/c1-6-11(7-2,12(4)5)9-10-13-8-3/h6-10H2,1-5H3. The van der Waals surface area contributed by atoms with Crippen molar-refractivity contribution < 1.29 is 4.74 Å². The summed E-state index contributed by atoms with van der Waals surface area (Å²) in [5, 5.41) is 4.10. The molecule has 0 bridgehead atoms. The van der Waals surface area contributed by atoms with Crippen LogP contribution in [0.25, 0.3) is 0 Å². The van der Waals surface area contributed by atoms with Crippen LogP contribution in [-0.2, 0) is 4.74 Å². The van der Waals surface area contributed by atoms with E-state index in [4.69, 9.17) is 4.74 Å². The fraction of sp³-hybridized carbons (Fsp3) is 1.00. The Balaban J connectivity index is 4.06. The van der Waals surface area contributed by atoms with Gasteiger partial charge in [-0.05, 0) is 0 Å². The Kier molecular flexibility index (Phi) is 7.09. The van der Waals surface area contributed by atoms with Crippen molar-refractivity contribution in [2.75, 3.05) is 27.3 Å². The Hall–Kier alpha value is 0.463. The van der Waals surface area contributed by atoms with Gasteiger partial charge in [-0.2, -0.15) is 0 Å². The zero-order valence-electron chi connectivity index (χ0n) is 9.89. The molecule has 0 N–H and O–H groups in total. The maximum absolute atomic E-state index is 5.46. The summed E-state index contributed by atoms with van der Waals surface area (Å²) in [7, 11) is 4.50. The second-order valence-electron chi connectivity index (χ2n) is 3.77. The molecule has 2 nitrogen and oxygen atoms in total. The van der Waals surface area contributed by atoms with E-state index in [0.29, 0.717) is 0 Å². The quantitative estimate of drug-likeness (QED) is 0.507. The molecule has 0 heterocycles. The predicted molar refractivity (Wildman–Crippen MR) is 61.7 cm³/mol. The number of rotatable bonds is 7. The zero-order chi connectivity index (χ0) is 10.3. The maximum atomic E-state index is 5.46. The third kappa shape index (κ3) is 4.00. The fourth-order valence-electron chi connectivity index (χ4n) is 1.87. The minimum absolute atomic E-state index is 0.860. The summed E-state index contributed by atoms with van der Waals surface area (Å²) in [4.78, 5) is 0. The molecule has 0 aliphatic heterocycles. The van der Waals surface area contributed by atoms with E-state index >= 15 is 0 Å². The number of hydrogen-bond acceptors (Lipinski definition) is 2. The van der Waals surface area contributed by atoms with Crippen molar-refractivity contribution in [3.05, 3.63) is 0 Å². The van der Waals surface area contributed by atoms with Gasteiger partial charge in [0.2, 0.25) is 0 Å². The first-order valence-electron chi connectivity index (χ1n) is 5.38. The van der Waals surface area contributed by atoms with E-state index in [-0.39, 0.29) is 0 Å². The topological polar surface area (TPSA) is 12.5 Å². The molecule has 0 aromatic rings. The van der Waals surface area contributed by atoms with Gasteiger partial charge in [-0.3, -0.25) is 0 Å². The second-order valence-corrected chi connectivity index (χ2v) is 14.8. The summed E-state index contributed by atoms with van der Waals surface area (Å²) in [5.74, 6) is 0. The Morgan fingerprint density at radius 3 is 1.92 bits per heavy atom. The van der Waals surface area contributed by atoms with E-state index in [1.54, 1.807) is 0 Å². The van der Waals surface area contributed by atoms with Gasteiger partial charge in [-0.15, -0.1) is 0 Å². The zero-order valence-corrected chi connectivity index (χ0v) is 12.0. The molecule has 0 aromatic heterocycles. The van der Waals surface area contributed by atoms with Crippen LogP contribution < -0.4 is 0 Å². The number of hydrogen-bond donors (Lipinski definition) is 0. The molecule has 80 valence electrons. The Labute approximate surface area is 86.2 Å². The molecule has 0 aromatic carbocycles. The Morgan fingerprint density at radius 2 is 1.62 bits per heavy atom. The molecule has 0 fully saturated rings. The van der Waals surface area contributed by atoms with Crippen molar-refractivity contribution in [1.82, 2.24) is 3.86 Å². The van der Waals surface area contributed by atoms with Crippen molar-refractivity contribution in [1.29, 1.82) is 0 Å². The van der Waals surface area contributed by atoms with Gasteiger partial charge < -0.3 is 0 Å². The number of ether oxygens (including phenoxy) is 1. The van der Waals surface area contributed by atoms with Gasteiger partial charge in [0.25, 0.3) is 0 Å². The molecule has 0 unspecified atom stereocenters. The molecule has 0 saturated heterocycles. The van der Waals surface area contributed by atoms with Crippen LogP contribution in [0.2, 0.25) is 15.8 Å². The first-order valence-corrected chi connectivity index (χ1v) is 10.8. The molecule has 13 heavy (non-hydrogen) atoms. The second kappa shape index (κ2) is 6.85. The Morgan fingerprint density at radius 1 is 1.08 bits per heavy atom. The molecular formula is C10H25GeNO. The molecule has 0 amide bonds. The van der Waals surface area contributed by atoms with Gasteiger partial charge in [-0.25, -0.2) is 0 Å². The monoisotopic (exact) mass is 249 g/mol. The van der Waals surface area contributed by atoms with E-state index in [1.807, 2.05) is 0 Å². The first kappa shape index (κ1) is 13.5.